The molecule has 0 aliphatic carbocycles. The Hall–Kier alpha value is -1.39. The molecule has 100 valence electrons. The number of nitrogens with one attached hydrogen (secondary N) is 1. The van der Waals surface area contributed by atoms with E-state index >= 15 is 0 Å². The van der Waals surface area contributed by atoms with Crippen molar-refractivity contribution in [2.75, 3.05) is 20.1 Å². The van der Waals surface area contributed by atoms with Gasteiger partial charge in [-0.15, -0.1) is 0 Å². The minimum Gasteiger partial charge on any atom is -0.392 e. The number of benzene rings is 1. The molecule has 1 atom stereocenters. The largest absolute Gasteiger partial charge is 0.392 e. The molecule has 1 amide bonds. The molecule has 4 heteroatoms. The lowest BCUT2D eigenvalue weighted by atomic mass is 10.1. The number of aliphatic hydroxyl groups is 1. The summed E-state index contributed by atoms with van der Waals surface area (Å²) in [6.45, 7) is 5.09. The number of carbonyl (C=O) groups excluding carboxylic acids is 1. The fraction of sp³-hybridized carbons (Fsp3) is 0.500. The maximum Gasteiger partial charge on any atom is 0.234 e. The van der Waals surface area contributed by atoms with Gasteiger partial charge in [0.05, 0.1) is 12.6 Å². The van der Waals surface area contributed by atoms with Gasteiger partial charge in [0.1, 0.15) is 0 Å². The van der Waals surface area contributed by atoms with Crippen molar-refractivity contribution in [3.05, 3.63) is 35.4 Å². The van der Waals surface area contributed by atoms with E-state index in [0.29, 0.717) is 19.6 Å². The van der Waals surface area contributed by atoms with Crippen LogP contribution in [-0.2, 0) is 11.3 Å². The Balaban J connectivity index is 2.30. The summed E-state index contributed by atoms with van der Waals surface area (Å²) >= 11 is 0. The Morgan fingerprint density at radius 3 is 2.56 bits per heavy atom. The third kappa shape index (κ3) is 5.80. The molecule has 2 N–H and O–H groups in total. The van der Waals surface area contributed by atoms with Crippen molar-refractivity contribution in [1.29, 1.82) is 0 Å². The summed E-state index contributed by atoms with van der Waals surface area (Å²) in [7, 11) is 1.82. The second kappa shape index (κ2) is 7.13. The Morgan fingerprint density at radius 2 is 2.00 bits per heavy atom. The molecule has 0 aliphatic rings. The number of rotatable bonds is 6. The number of aliphatic hydroxyl groups excluding tert-OH is 1. The number of nitrogens with zero attached hydrogens (tertiary/aromatic N) is 1. The summed E-state index contributed by atoms with van der Waals surface area (Å²) < 4.78 is 0. The van der Waals surface area contributed by atoms with E-state index in [9.17, 15) is 9.90 Å². The molecule has 0 aliphatic heterocycles. The predicted molar refractivity (Wildman–Crippen MR) is 72.2 cm³/mol. The van der Waals surface area contributed by atoms with E-state index in [2.05, 4.69) is 5.32 Å². The SMILES string of the molecule is Cc1ccc(CNC(=O)CN(C)CC(C)O)cc1. The molecule has 0 bridgehead atoms. The van der Waals surface area contributed by atoms with Crippen LogP contribution in [0, 0.1) is 6.92 Å². The van der Waals surface area contributed by atoms with Crippen LogP contribution < -0.4 is 5.32 Å². The van der Waals surface area contributed by atoms with Crippen LogP contribution in [0.4, 0.5) is 0 Å². The van der Waals surface area contributed by atoms with Gasteiger partial charge in [0, 0.05) is 13.1 Å². The molecule has 1 rings (SSSR count). The van der Waals surface area contributed by atoms with E-state index in [-0.39, 0.29) is 5.91 Å². The lowest BCUT2D eigenvalue weighted by molar-refractivity contribution is -0.122. The highest BCUT2D eigenvalue weighted by atomic mass is 16.3. The van der Waals surface area contributed by atoms with Gasteiger partial charge in [0.2, 0.25) is 5.91 Å². The number of likely N-dealkylation sites (N-methyl/N-ethyl adjacent to an activating group) is 1. The number of hydrogen-bond acceptors (Lipinski definition) is 3. The van der Waals surface area contributed by atoms with Crippen molar-refractivity contribution in [1.82, 2.24) is 10.2 Å². The summed E-state index contributed by atoms with van der Waals surface area (Å²) in [5, 5.41) is 12.1. The van der Waals surface area contributed by atoms with Crippen LogP contribution in [0.5, 0.6) is 0 Å². The summed E-state index contributed by atoms with van der Waals surface area (Å²) in [6.07, 6.45) is -0.417. The molecule has 0 saturated carbocycles. The third-order valence-corrected chi connectivity index (χ3v) is 2.60. The molecular formula is C14H22N2O2. The first-order valence-corrected chi connectivity index (χ1v) is 6.16. The van der Waals surface area contributed by atoms with Crippen LogP contribution in [0.15, 0.2) is 24.3 Å². The summed E-state index contributed by atoms with van der Waals surface area (Å²) in [5.74, 6) is -0.0290. The van der Waals surface area contributed by atoms with Crippen LogP contribution in [0.1, 0.15) is 18.1 Å². The van der Waals surface area contributed by atoms with Crippen molar-refractivity contribution >= 4 is 5.91 Å². The van der Waals surface area contributed by atoms with Crippen LogP contribution in [0.25, 0.3) is 0 Å². The normalized spacial score (nSPS) is 12.5. The molecule has 0 heterocycles. The average molecular weight is 250 g/mol. The predicted octanol–water partition coefficient (Wildman–Crippen LogP) is 0.924. The zero-order valence-electron chi connectivity index (χ0n) is 11.3. The molecule has 0 saturated heterocycles. The van der Waals surface area contributed by atoms with E-state index < -0.39 is 6.10 Å². The number of hydrogen-bond donors (Lipinski definition) is 2. The molecular weight excluding hydrogens is 228 g/mol. The number of carbonyl (C=O) groups is 1. The van der Waals surface area contributed by atoms with Crippen molar-refractivity contribution in [2.24, 2.45) is 0 Å². The van der Waals surface area contributed by atoms with Gasteiger partial charge in [0.15, 0.2) is 0 Å². The first-order chi connectivity index (χ1) is 8.47. The quantitative estimate of drug-likeness (QED) is 0.789. The van der Waals surface area contributed by atoms with Crippen LogP contribution in [0.3, 0.4) is 0 Å². The molecule has 1 unspecified atom stereocenters. The average Bonchev–Trinajstić information content (AvgIpc) is 2.27. The molecule has 0 spiro atoms. The Morgan fingerprint density at radius 1 is 1.39 bits per heavy atom. The van der Waals surface area contributed by atoms with Crippen molar-refractivity contribution in [3.8, 4) is 0 Å². The Bertz CT molecular complexity index is 374. The topological polar surface area (TPSA) is 52.6 Å². The van der Waals surface area contributed by atoms with Crippen LogP contribution in [0.2, 0.25) is 0 Å². The van der Waals surface area contributed by atoms with Crippen LogP contribution >= 0.6 is 0 Å². The van der Waals surface area contributed by atoms with Gasteiger partial charge in [-0.1, -0.05) is 29.8 Å². The molecule has 18 heavy (non-hydrogen) atoms. The first kappa shape index (κ1) is 14.7. The van der Waals surface area contributed by atoms with Gasteiger partial charge in [-0.2, -0.15) is 0 Å². The smallest absolute Gasteiger partial charge is 0.234 e. The summed E-state index contributed by atoms with van der Waals surface area (Å²) in [4.78, 5) is 13.4. The van der Waals surface area contributed by atoms with Crippen molar-refractivity contribution in [2.45, 2.75) is 26.5 Å². The van der Waals surface area contributed by atoms with Crippen molar-refractivity contribution in [3.63, 3.8) is 0 Å². The van der Waals surface area contributed by atoms with E-state index in [1.165, 1.54) is 5.56 Å². The molecule has 0 aromatic heterocycles. The minimum absolute atomic E-state index is 0.0290. The van der Waals surface area contributed by atoms with Crippen LogP contribution in [-0.4, -0.2) is 42.2 Å². The fourth-order valence-corrected chi connectivity index (χ4v) is 1.72. The second-order valence-electron chi connectivity index (χ2n) is 4.81. The third-order valence-electron chi connectivity index (χ3n) is 2.60. The maximum absolute atomic E-state index is 11.6. The van der Waals surface area contributed by atoms with Gasteiger partial charge in [0.25, 0.3) is 0 Å². The Kier molecular flexibility index (Phi) is 5.82. The fourth-order valence-electron chi connectivity index (χ4n) is 1.72. The van der Waals surface area contributed by atoms with Gasteiger partial charge >= 0.3 is 0 Å². The van der Waals surface area contributed by atoms with E-state index in [1.807, 2.05) is 38.2 Å². The number of amides is 1. The zero-order valence-corrected chi connectivity index (χ0v) is 11.3. The van der Waals surface area contributed by atoms with E-state index in [0.717, 1.165) is 5.56 Å². The summed E-state index contributed by atoms with van der Waals surface area (Å²) in [5.41, 5.74) is 2.30. The highest BCUT2D eigenvalue weighted by Crippen LogP contribution is 2.02. The lowest BCUT2D eigenvalue weighted by Crippen LogP contribution is -2.37. The molecule has 1 aromatic carbocycles. The van der Waals surface area contributed by atoms with Gasteiger partial charge in [-0.3, -0.25) is 9.69 Å². The molecule has 0 fully saturated rings. The second-order valence-corrected chi connectivity index (χ2v) is 4.81. The lowest BCUT2D eigenvalue weighted by Gasteiger charge is -2.17. The molecule has 4 nitrogen and oxygen atoms in total. The van der Waals surface area contributed by atoms with Gasteiger partial charge in [-0.25, -0.2) is 0 Å². The minimum atomic E-state index is -0.417. The number of aryl methyl sites for hydroxylation is 1. The first-order valence-electron chi connectivity index (χ1n) is 6.16. The standard InChI is InChI=1S/C14H22N2O2/c1-11-4-6-13(7-5-11)8-15-14(18)10-16(3)9-12(2)17/h4-7,12,17H,8-10H2,1-3H3,(H,15,18). The van der Waals surface area contributed by atoms with E-state index in [1.54, 1.807) is 11.8 Å². The Labute approximate surface area is 109 Å². The van der Waals surface area contributed by atoms with Gasteiger partial charge in [-0.05, 0) is 26.5 Å². The van der Waals surface area contributed by atoms with Crippen molar-refractivity contribution < 1.29 is 9.90 Å². The molecule has 1 aromatic rings. The van der Waals surface area contributed by atoms with Gasteiger partial charge < -0.3 is 10.4 Å². The monoisotopic (exact) mass is 250 g/mol. The highest BCUT2D eigenvalue weighted by molar-refractivity contribution is 5.77. The van der Waals surface area contributed by atoms with E-state index in [4.69, 9.17) is 0 Å². The zero-order chi connectivity index (χ0) is 13.5. The maximum atomic E-state index is 11.6. The summed E-state index contributed by atoms with van der Waals surface area (Å²) in [6, 6.07) is 8.08. The highest BCUT2D eigenvalue weighted by Gasteiger charge is 2.08. The molecule has 0 radical (unpaired) electrons.